The zero-order chi connectivity index (χ0) is 19.8. The molecule has 4 nitrogen and oxygen atoms in total. The van der Waals surface area contributed by atoms with Crippen LogP contribution in [0.15, 0.2) is 84.2 Å². The molecule has 2 heterocycles. The number of carbonyl (C=O) groups is 1. The van der Waals surface area contributed by atoms with Gasteiger partial charge in [-0.25, -0.2) is 0 Å². The lowest BCUT2D eigenvalue weighted by molar-refractivity contribution is 0.103. The van der Waals surface area contributed by atoms with E-state index in [9.17, 15) is 4.79 Å². The van der Waals surface area contributed by atoms with Crippen LogP contribution in [0.25, 0.3) is 0 Å². The summed E-state index contributed by atoms with van der Waals surface area (Å²) in [5, 5.41) is 3.53. The van der Waals surface area contributed by atoms with Crippen molar-refractivity contribution in [3.8, 4) is 5.75 Å². The highest BCUT2D eigenvalue weighted by Gasteiger charge is 2.34. The van der Waals surface area contributed by atoms with Crippen molar-refractivity contribution < 1.29 is 9.53 Å². The first-order valence-electron chi connectivity index (χ1n) is 9.90. The minimum absolute atomic E-state index is 0.0611. The maximum absolute atomic E-state index is 13.5. The van der Waals surface area contributed by atoms with E-state index < -0.39 is 0 Å². The van der Waals surface area contributed by atoms with Crippen molar-refractivity contribution in [2.75, 3.05) is 23.4 Å². The van der Waals surface area contributed by atoms with Crippen molar-refractivity contribution in [1.29, 1.82) is 0 Å². The fourth-order valence-corrected chi connectivity index (χ4v) is 4.11. The number of Topliss-reactive ketones (excluding diaryl/α,β-unsaturated/α-hetero) is 1. The maximum atomic E-state index is 13.5. The van der Waals surface area contributed by atoms with Crippen LogP contribution in [-0.4, -0.2) is 18.9 Å². The Labute approximate surface area is 170 Å². The lowest BCUT2D eigenvalue weighted by Gasteiger charge is -2.40. The summed E-state index contributed by atoms with van der Waals surface area (Å²) in [5.41, 5.74) is 5.89. The summed E-state index contributed by atoms with van der Waals surface area (Å²) in [4.78, 5) is 15.7. The molecule has 2 aliphatic rings. The topological polar surface area (TPSA) is 41.6 Å². The number of carbonyl (C=O) groups excluding carboxylic acids is 1. The van der Waals surface area contributed by atoms with Gasteiger partial charge in [-0.15, -0.1) is 0 Å². The van der Waals surface area contributed by atoms with Gasteiger partial charge in [-0.05, 0) is 36.2 Å². The average Bonchev–Trinajstić information content (AvgIpc) is 2.78. The molecule has 0 amide bonds. The summed E-state index contributed by atoms with van der Waals surface area (Å²) in [6, 6.07) is 23.6. The van der Waals surface area contributed by atoms with E-state index in [2.05, 4.69) is 23.2 Å². The van der Waals surface area contributed by atoms with E-state index in [0.29, 0.717) is 25.1 Å². The van der Waals surface area contributed by atoms with Gasteiger partial charge in [-0.3, -0.25) is 4.79 Å². The predicted octanol–water partition coefficient (Wildman–Crippen LogP) is 4.96. The molecule has 4 heteroatoms. The van der Waals surface area contributed by atoms with Crippen LogP contribution in [0.5, 0.6) is 5.75 Å². The van der Waals surface area contributed by atoms with E-state index in [1.807, 2.05) is 66.7 Å². The van der Waals surface area contributed by atoms with Crippen LogP contribution in [0, 0.1) is 6.92 Å². The van der Waals surface area contributed by atoms with Crippen molar-refractivity contribution in [2.45, 2.75) is 13.3 Å². The zero-order valence-electron chi connectivity index (χ0n) is 16.3. The van der Waals surface area contributed by atoms with Crippen LogP contribution < -0.4 is 15.0 Å². The number of ketones is 1. The number of nitrogens with one attached hydrogen (secondary N) is 1. The van der Waals surface area contributed by atoms with E-state index in [1.54, 1.807) is 0 Å². The molecule has 0 aliphatic carbocycles. The molecule has 0 saturated carbocycles. The average molecular weight is 382 g/mol. The standard InChI is InChI=1S/C25H22N2O2/c1-17-12-13-22-23-20(17)16-21(24(28)18-8-4-2-5-9-18)25(27(23)14-15-29-22)26-19-10-6-3-7-11-19/h2-13,26H,14-16H2,1H3. The monoisotopic (exact) mass is 382 g/mol. The summed E-state index contributed by atoms with van der Waals surface area (Å²) >= 11 is 0. The quantitative estimate of drug-likeness (QED) is 0.648. The molecule has 0 unspecified atom stereocenters. The number of ether oxygens (including phenoxy) is 1. The van der Waals surface area contributed by atoms with Crippen LogP contribution in [-0.2, 0) is 6.42 Å². The van der Waals surface area contributed by atoms with E-state index >= 15 is 0 Å². The number of allylic oxidation sites excluding steroid dienone is 1. The second kappa shape index (κ2) is 7.13. The Kier molecular flexibility index (Phi) is 4.32. The lowest BCUT2D eigenvalue weighted by atomic mass is 9.89. The molecule has 29 heavy (non-hydrogen) atoms. The number of anilines is 2. The molecular weight excluding hydrogens is 360 g/mol. The van der Waals surface area contributed by atoms with Gasteiger partial charge in [-0.2, -0.15) is 0 Å². The SMILES string of the molecule is Cc1ccc2c3c1CC(C(=O)c1ccccc1)=C(Nc1ccccc1)N3CCO2. The number of nitrogens with zero attached hydrogens (tertiary/aromatic N) is 1. The molecule has 3 aromatic carbocycles. The number of benzene rings is 3. The molecule has 0 fully saturated rings. The molecule has 144 valence electrons. The third-order valence-corrected chi connectivity index (χ3v) is 5.58. The van der Waals surface area contributed by atoms with Crippen LogP contribution in [0.1, 0.15) is 21.5 Å². The zero-order valence-corrected chi connectivity index (χ0v) is 16.3. The minimum Gasteiger partial charge on any atom is -0.490 e. The first kappa shape index (κ1) is 17.6. The van der Waals surface area contributed by atoms with Crippen molar-refractivity contribution in [3.63, 3.8) is 0 Å². The Bertz CT molecular complexity index is 1100. The van der Waals surface area contributed by atoms with Gasteiger partial charge >= 0.3 is 0 Å². The molecule has 2 aliphatic heterocycles. The lowest BCUT2D eigenvalue weighted by Crippen LogP contribution is -2.40. The summed E-state index contributed by atoms with van der Waals surface area (Å²) in [5.74, 6) is 1.80. The molecule has 0 aromatic heterocycles. The van der Waals surface area contributed by atoms with Crippen LogP contribution >= 0.6 is 0 Å². The molecule has 3 aromatic rings. The van der Waals surface area contributed by atoms with Gasteiger partial charge in [0.15, 0.2) is 5.78 Å². The van der Waals surface area contributed by atoms with E-state index in [-0.39, 0.29) is 5.78 Å². The predicted molar refractivity (Wildman–Crippen MR) is 116 cm³/mol. The van der Waals surface area contributed by atoms with Crippen molar-refractivity contribution in [3.05, 3.63) is 101 Å². The van der Waals surface area contributed by atoms with Crippen LogP contribution in [0.3, 0.4) is 0 Å². The van der Waals surface area contributed by atoms with Gasteiger partial charge in [0, 0.05) is 23.2 Å². The smallest absolute Gasteiger partial charge is 0.192 e. The fraction of sp³-hybridized carbons (Fsp3) is 0.160. The van der Waals surface area contributed by atoms with Crippen molar-refractivity contribution in [1.82, 2.24) is 0 Å². The van der Waals surface area contributed by atoms with Crippen LogP contribution in [0.4, 0.5) is 11.4 Å². The molecule has 5 rings (SSSR count). The Hall–Kier alpha value is -3.53. The number of aryl methyl sites for hydroxylation is 1. The maximum Gasteiger partial charge on any atom is 0.192 e. The first-order chi connectivity index (χ1) is 14.2. The molecular formula is C25H22N2O2. The Balaban J connectivity index is 1.68. The second-order valence-corrected chi connectivity index (χ2v) is 7.40. The highest BCUT2D eigenvalue weighted by Crippen LogP contribution is 2.44. The van der Waals surface area contributed by atoms with Gasteiger partial charge < -0.3 is 15.0 Å². The fourth-order valence-electron chi connectivity index (χ4n) is 4.11. The molecule has 1 N–H and O–H groups in total. The normalized spacial score (nSPS) is 14.9. The number of rotatable bonds is 4. The van der Waals surface area contributed by atoms with Crippen LogP contribution in [0.2, 0.25) is 0 Å². The van der Waals surface area contributed by atoms with E-state index in [4.69, 9.17) is 4.74 Å². The number of para-hydroxylation sites is 1. The third-order valence-electron chi connectivity index (χ3n) is 5.58. The molecule has 0 atom stereocenters. The molecule has 0 bridgehead atoms. The Morgan fingerprint density at radius 1 is 0.966 bits per heavy atom. The Morgan fingerprint density at radius 3 is 2.45 bits per heavy atom. The molecule has 0 spiro atoms. The van der Waals surface area contributed by atoms with Gasteiger partial charge in [0.1, 0.15) is 18.2 Å². The summed E-state index contributed by atoms with van der Waals surface area (Å²) in [6.45, 7) is 3.38. The Morgan fingerprint density at radius 2 is 1.69 bits per heavy atom. The van der Waals surface area contributed by atoms with Gasteiger partial charge in [0.2, 0.25) is 0 Å². The number of hydrogen-bond acceptors (Lipinski definition) is 4. The minimum atomic E-state index is 0.0611. The largest absolute Gasteiger partial charge is 0.490 e. The molecule has 0 radical (unpaired) electrons. The van der Waals surface area contributed by atoms with E-state index in [1.165, 1.54) is 11.1 Å². The summed E-state index contributed by atoms with van der Waals surface area (Å²) in [6.07, 6.45) is 0.581. The highest BCUT2D eigenvalue weighted by molar-refractivity contribution is 6.11. The summed E-state index contributed by atoms with van der Waals surface area (Å²) in [7, 11) is 0. The second-order valence-electron chi connectivity index (χ2n) is 7.40. The summed E-state index contributed by atoms with van der Waals surface area (Å²) < 4.78 is 5.93. The van der Waals surface area contributed by atoms with Gasteiger partial charge in [0.05, 0.1) is 12.2 Å². The van der Waals surface area contributed by atoms with Gasteiger partial charge in [0.25, 0.3) is 0 Å². The van der Waals surface area contributed by atoms with E-state index in [0.717, 1.165) is 28.5 Å². The number of hydrogen-bond donors (Lipinski definition) is 1. The molecule has 0 saturated heterocycles. The van der Waals surface area contributed by atoms with Crippen molar-refractivity contribution in [2.24, 2.45) is 0 Å². The highest BCUT2D eigenvalue weighted by atomic mass is 16.5. The third kappa shape index (κ3) is 3.07. The van der Waals surface area contributed by atoms with Gasteiger partial charge in [-0.1, -0.05) is 54.6 Å². The first-order valence-corrected chi connectivity index (χ1v) is 9.90. The van der Waals surface area contributed by atoms with Crippen molar-refractivity contribution >= 4 is 17.2 Å².